The summed E-state index contributed by atoms with van der Waals surface area (Å²) in [6.45, 7) is 0.00296. The molecule has 4 N–H and O–H groups in total. The van der Waals surface area contributed by atoms with Crippen molar-refractivity contribution in [1.82, 2.24) is 5.32 Å². The number of halogens is 1. The Bertz CT molecular complexity index is 453. The van der Waals surface area contributed by atoms with Gasteiger partial charge in [0.05, 0.1) is 12.0 Å². The number of hydrogen-bond acceptors (Lipinski definition) is 3. The van der Waals surface area contributed by atoms with Crippen LogP contribution in [-0.4, -0.2) is 23.6 Å². The smallest absolute Gasteiger partial charge is 0.224 e. The third kappa shape index (κ3) is 3.30. The molecule has 0 aromatic heterocycles. The van der Waals surface area contributed by atoms with Crippen molar-refractivity contribution < 1.29 is 14.3 Å². The largest absolute Gasteiger partial charge is 0.386 e. The summed E-state index contributed by atoms with van der Waals surface area (Å²) >= 11 is 0. The molecular formula is C14H19FN2O2. The number of nitrogens with two attached hydrogens (primary N) is 1. The number of rotatable bonds is 4. The van der Waals surface area contributed by atoms with Crippen LogP contribution >= 0.6 is 0 Å². The predicted octanol–water partition coefficient (Wildman–Crippen LogP) is 1.10. The molecule has 2 rings (SSSR count). The SMILES string of the molecule is N[C@@H]1CCC[C@@H]1C(=O)NC[C@H](O)c1ccccc1F. The zero-order chi connectivity index (χ0) is 13.8. The molecule has 4 nitrogen and oxygen atoms in total. The molecule has 0 spiro atoms. The molecule has 19 heavy (non-hydrogen) atoms. The second kappa shape index (κ2) is 6.12. The summed E-state index contributed by atoms with van der Waals surface area (Å²) in [4.78, 5) is 11.9. The minimum atomic E-state index is -1.04. The Labute approximate surface area is 111 Å². The Balaban J connectivity index is 1.88. The van der Waals surface area contributed by atoms with E-state index in [4.69, 9.17) is 5.73 Å². The van der Waals surface area contributed by atoms with Crippen LogP contribution in [0, 0.1) is 11.7 Å². The van der Waals surface area contributed by atoms with Crippen molar-refractivity contribution in [1.29, 1.82) is 0 Å². The van der Waals surface area contributed by atoms with E-state index in [-0.39, 0.29) is 30.0 Å². The molecular weight excluding hydrogens is 247 g/mol. The second-order valence-corrected chi connectivity index (χ2v) is 4.98. The van der Waals surface area contributed by atoms with Gasteiger partial charge in [0.1, 0.15) is 5.82 Å². The van der Waals surface area contributed by atoms with Crippen molar-refractivity contribution in [3.05, 3.63) is 35.6 Å². The maximum Gasteiger partial charge on any atom is 0.224 e. The Morgan fingerprint density at radius 1 is 1.47 bits per heavy atom. The lowest BCUT2D eigenvalue weighted by Gasteiger charge is -2.17. The first-order valence-corrected chi connectivity index (χ1v) is 6.55. The zero-order valence-electron chi connectivity index (χ0n) is 10.7. The van der Waals surface area contributed by atoms with Crippen LogP contribution < -0.4 is 11.1 Å². The van der Waals surface area contributed by atoms with Crippen LogP contribution in [0.2, 0.25) is 0 Å². The summed E-state index contributed by atoms with van der Waals surface area (Å²) in [6.07, 6.45) is 1.55. The molecule has 1 aromatic rings. The van der Waals surface area contributed by atoms with Crippen molar-refractivity contribution in [2.75, 3.05) is 6.54 Å². The van der Waals surface area contributed by atoms with Crippen molar-refractivity contribution in [2.24, 2.45) is 11.7 Å². The lowest BCUT2D eigenvalue weighted by Crippen LogP contribution is -2.40. The summed E-state index contributed by atoms with van der Waals surface area (Å²) in [5.74, 6) is -0.810. The summed E-state index contributed by atoms with van der Waals surface area (Å²) in [7, 11) is 0. The van der Waals surface area contributed by atoms with Gasteiger partial charge in [-0.05, 0) is 18.9 Å². The Kier molecular flexibility index (Phi) is 4.50. The number of hydrogen-bond donors (Lipinski definition) is 3. The highest BCUT2D eigenvalue weighted by Crippen LogP contribution is 2.24. The van der Waals surface area contributed by atoms with E-state index in [0.717, 1.165) is 19.3 Å². The van der Waals surface area contributed by atoms with Crippen molar-refractivity contribution >= 4 is 5.91 Å². The molecule has 0 saturated heterocycles. The molecule has 1 saturated carbocycles. The van der Waals surface area contributed by atoms with E-state index in [2.05, 4.69) is 5.32 Å². The van der Waals surface area contributed by atoms with E-state index >= 15 is 0 Å². The Morgan fingerprint density at radius 2 is 2.21 bits per heavy atom. The molecule has 1 aliphatic carbocycles. The van der Waals surface area contributed by atoms with Gasteiger partial charge in [0.2, 0.25) is 5.91 Å². The van der Waals surface area contributed by atoms with Gasteiger partial charge in [-0.2, -0.15) is 0 Å². The summed E-state index contributed by atoms with van der Waals surface area (Å²) in [5.41, 5.74) is 6.03. The fraction of sp³-hybridized carbons (Fsp3) is 0.500. The predicted molar refractivity (Wildman–Crippen MR) is 69.7 cm³/mol. The van der Waals surface area contributed by atoms with Gasteiger partial charge in [0.25, 0.3) is 0 Å². The maximum atomic E-state index is 13.4. The molecule has 0 bridgehead atoms. The molecule has 5 heteroatoms. The molecule has 0 unspecified atom stereocenters. The van der Waals surface area contributed by atoms with Gasteiger partial charge < -0.3 is 16.2 Å². The van der Waals surface area contributed by atoms with Crippen LogP contribution in [0.5, 0.6) is 0 Å². The van der Waals surface area contributed by atoms with Crippen LogP contribution in [0.1, 0.15) is 30.9 Å². The topological polar surface area (TPSA) is 75.4 Å². The molecule has 0 aliphatic heterocycles. The number of aliphatic hydroxyl groups excluding tert-OH is 1. The molecule has 1 fully saturated rings. The molecule has 1 amide bonds. The van der Waals surface area contributed by atoms with Crippen LogP contribution in [0.3, 0.4) is 0 Å². The zero-order valence-corrected chi connectivity index (χ0v) is 10.7. The van der Waals surface area contributed by atoms with Crippen LogP contribution in [0.15, 0.2) is 24.3 Å². The van der Waals surface area contributed by atoms with Gasteiger partial charge in [-0.3, -0.25) is 4.79 Å². The standard InChI is InChI=1S/C14H19FN2O2/c15-11-6-2-1-4-9(11)13(18)8-17-14(19)10-5-3-7-12(10)16/h1-2,4,6,10,12-13,18H,3,5,7-8,16H2,(H,17,19)/t10-,12+,13-/m0/s1. The fourth-order valence-electron chi connectivity index (χ4n) is 2.50. The monoisotopic (exact) mass is 266 g/mol. The first-order chi connectivity index (χ1) is 9.09. The number of amides is 1. The van der Waals surface area contributed by atoms with Crippen molar-refractivity contribution in [3.63, 3.8) is 0 Å². The van der Waals surface area contributed by atoms with E-state index < -0.39 is 11.9 Å². The first-order valence-electron chi connectivity index (χ1n) is 6.55. The van der Waals surface area contributed by atoms with Crippen molar-refractivity contribution in [3.8, 4) is 0 Å². The third-order valence-electron chi connectivity index (χ3n) is 3.64. The fourth-order valence-corrected chi connectivity index (χ4v) is 2.50. The number of aliphatic hydroxyl groups is 1. The average molecular weight is 266 g/mol. The highest BCUT2D eigenvalue weighted by Gasteiger charge is 2.30. The number of carbonyl (C=O) groups excluding carboxylic acids is 1. The summed E-state index contributed by atoms with van der Waals surface area (Å²) in [5, 5.41) is 12.5. The van der Waals surface area contributed by atoms with Gasteiger partial charge in [0, 0.05) is 18.2 Å². The highest BCUT2D eigenvalue weighted by atomic mass is 19.1. The second-order valence-electron chi connectivity index (χ2n) is 4.98. The van der Waals surface area contributed by atoms with Gasteiger partial charge in [0.15, 0.2) is 0 Å². The minimum absolute atomic E-state index is 0.00296. The van der Waals surface area contributed by atoms with Crippen LogP contribution in [0.4, 0.5) is 4.39 Å². The minimum Gasteiger partial charge on any atom is -0.386 e. The van der Waals surface area contributed by atoms with E-state index in [1.807, 2.05) is 0 Å². The maximum absolute atomic E-state index is 13.4. The molecule has 0 heterocycles. The average Bonchev–Trinajstić information content (AvgIpc) is 2.82. The quantitative estimate of drug-likeness (QED) is 0.764. The molecule has 3 atom stereocenters. The third-order valence-corrected chi connectivity index (χ3v) is 3.64. The molecule has 104 valence electrons. The lowest BCUT2D eigenvalue weighted by atomic mass is 10.0. The van der Waals surface area contributed by atoms with E-state index in [1.54, 1.807) is 12.1 Å². The number of benzene rings is 1. The number of carbonyl (C=O) groups is 1. The van der Waals surface area contributed by atoms with Crippen molar-refractivity contribution in [2.45, 2.75) is 31.4 Å². The van der Waals surface area contributed by atoms with Gasteiger partial charge in [-0.25, -0.2) is 4.39 Å². The Morgan fingerprint density at radius 3 is 2.84 bits per heavy atom. The first kappa shape index (κ1) is 14.0. The summed E-state index contributed by atoms with van der Waals surface area (Å²) < 4.78 is 13.4. The number of nitrogens with one attached hydrogen (secondary N) is 1. The van der Waals surface area contributed by atoms with E-state index in [1.165, 1.54) is 12.1 Å². The van der Waals surface area contributed by atoms with Gasteiger partial charge in [-0.15, -0.1) is 0 Å². The van der Waals surface area contributed by atoms with E-state index in [9.17, 15) is 14.3 Å². The summed E-state index contributed by atoms with van der Waals surface area (Å²) in [6, 6.07) is 5.89. The van der Waals surface area contributed by atoms with E-state index in [0.29, 0.717) is 0 Å². The molecule has 0 radical (unpaired) electrons. The van der Waals surface area contributed by atoms with Crippen LogP contribution in [-0.2, 0) is 4.79 Å². The van der Waals surface area contributed by atoms with Gasteiger partial charge in [-0.1, -0.05) is 24.6 Å². The molecule has 1 aromatic carbocycles. The lowest BCUT2D eigenvalue weighted by molar-refractivity contribution is -0.125. The van der Waals surface area contributed by atoms with Crippen LogP contribution in [0.25, 0.3) is 0 Å². The Hall–Kier alpha value is -1.46. The van der Waals surface area contributed by atoms with Gasteiger partial charge >= 0.3 is 0 Å². The highest BCUT2D eigenvalue weighted by molar-refractivity contribution is 5.79. The normalized spacial score (nSPS) is 24.2. The molecule has 1 aliphatic rings.